The number of benzene rings is 3. The van der Waals surface area contributed by atoms with Crippen molar-refractivity contribution in [2.45, 2.75) is 27.0 Å². The molecule has 0 bridgehead atoms. The highest BCUT2D eigenvalue weighted by molar-refractivity contribution is 9.10. The minimum Gasteiger partial charge on any atom is -0.490 e. The van der Waals surface area contributed by atoms with Crippen LogP contribution in [0.2, 0.25) is 5.02 Å². The van der Waals surface area contributed by atoms with E-state index < -0.39 is 0 Å². The van der Waals surface area contributed by atoms with E-state index in [-0.39, 0.29) is 17.7 Å². The second-order valence-corrected chi connectivity index (χ2v) is 10.2. The van der Waals surface area contributed by atoms with Crippen LogP contribution in [0, 0.1) is 6.92 Å². The van der Waals surface area contributed by atoms with Gasteiger partial charge in [0, 0.05) is 5.02 Å². The van der Waals surface area contributed by atoms with Gasteiger partial charge in [-0.15, -0.1) is 0 Å². The third kappa shape index (κ3) is 6.10. The van der Waals surface area contributed by atoms with Crippen LogP contribution in [0.1, 0.15) is 29.2 Å². The molecule has 0 spiro atoms. The van der Waals surface area contributed by atoms with Crippen molar-refractivity contribution < 1.29 is 19.1 Å². The van der Waals surface area contributed by atoms with Crippen molar-refractivity contribution >= 4 is 56.5 Å². The molecule has 3 aromatic rings. The van der Waals surface area contributed by atoms with E-state index in [1.807, 2.05) is 56.3 Å². The van der Waals surface area contributed by atoms with Gasteiger partial charge < -0.3 is 9.47 Å². The molecule has 0 aliphatic carbocycles. The van der Waals surface area contributed by atoms with Gasteiger partial charge in [-0.05, 0) is 82.5 Å². The SMILES string of the molecule is CCOc1cc(/C=C2\SC(=O)N(Cc3ccccc3Cl)C2=O)cc(Br)c1OCc1cccc(C)c1. The summed E-state index contributed by atoms with van der Waals surface area (Å²) in [4.78, 5) is 27.1. The molecular weight excluding hydrogens is 550 g/mol. The maximum Gasteiger partial charge on any atom is 0.293 e. The molecule has 0 atom stereocenters. The number of amides is 2. The summed E-state index contributed by atoms with van der Waals surface area (Å²) < 4.78 is 12.6. The van der Waals surface area contributed by atoms with Gasteiger partial charge in [0.15, 0.2) is 11.5 Å². The summed E-state index contributed by atoms with van der Waals surface area (Å²) in [5, 5.41) is 0.186. The summed E-state index contributed by atoms with van der Waals surface area (Å²) in [6.07, 6.45) is 1.69. The minimum absolute atomic E-state index is 0.126. The molecule has 0 radical (unpaired) electrons. The molecule has 0 unspecified atom stereocenters. The van der Waals surface area contributed by atoms with Gasteiger partial charge >= 0.3 is 0 Å². The first-order valence-electron chi connectivity index (χ1n) is 11.0. The maximum atomic E-state index is 13.0. The molecule has 0 saturated carbocycles. The number of hydrogen-bond acceptors (Lipinski definition) is 5. The van der Waals surface area contributed by atoms with Crippen LogP contribution in [0.15, 0.2) is 70.0 Å². The zero-order chi connectivity index (χ0) is 24.9. The Morgan fingerprint density at radius 1 is 1.06 bits per heavy atom. The zero-order valence-electron chi connectivity index (χ0n) is 19.2. The molecular formula is C27H23BrClNO4S. The van der Waals surface area contributed by atoms with Gasteiger partial charge in [0.1, 0.15) is 6.61 Å². The summed E-state index contributed by atoms with van der Waals surface area (Å²) in [7, 11) is 0. The lowest BCUT2D eigenvalue weighted by Crippen LogP contribution is -2.27. The normalized spacial score (nSPS) is 14.6. The molecule has 3 aromatic carbocycles. The second kappa shape index (κ2) is 11.3. The van der Waals surface area contributed by atoms with Crippen molar-refractivity contribution in [3.05, 3.63) is 97.3 Å². The lowest BCUT2D eigenvalue weighted by Gasteiger charge is -2.15. The zero-order valence-corrected chi connectivity index (χ0v) is 22.4. The Morgan fingerprint density at radius 2 is 1.86 bits per heavy atom. The molecule has 2 amide bonds. The van der Waals surface area contributed by atoms with E-state index in [1.54, 1.807) is 18.2 Å². The predicted octanol–water partition coefficient (Wildman–Crippen LogP) is 7.63. The molecule has 1 aliphatic rings. The van der Waals surface area contributed by atoms with E-state index in [4.69, 9.17) is 21.1 Å². The Bertz CT molecular complexity index is 1310. The average Bonchev–Trinajstić information content (AvgIpc) is 3.07. The highest BCUT2D eigenvalue weighted by Crippen LogP contribution is 2.40. The lowest BCUT2D eigenvalue weighted by atomic mass is 10.1. The van der Waals surface area contributed by atoms with E-state index in [2.05, 4.69) is 22.0 Å². The van der Waals surface area contributed by atoms with E-state index >= 15 is 0 Å². The fourth-order valence-electron chi connectivity index (χ4n) is 3.62. The molecule has 35 heavy (non-hydrogen) atoms. The minimum atomic E-state index is -0.353. The Kier molecular flexibility index (Phi) is 8.21. The van der Waals surface area contributed by atoms with Gasteiger partial charge in [0.25, 0.3) is 11.1 Å². The van der Waals surface area contributed by atoms with Crippen molar-refractivity contribution in [3.63, 3.8) is 0 Å². The molecule has 180 valence electrons. The number of nitrogens with zero attached hydrogens (tertiary/aromatic N) is 1. The number of thioether (sulfide) groups is 1. The molecule has 0 aromatic heterocycles. The van der Waals surface area contributed by atoms with Crippen molar-refractivity contribution in [2.24, 2.45) is 0 Å². The lowest BCUT2D eigenvalue weighted by molar-refractivity contribution is -0.123. The number of aryl methyl sites for hydroxylation is 1. The molecule has 1 saturated heterocycles. The number of carbonyl (C=O) groups excluding carboxylic acids is 2. The van der Waals surface area contributed by atoms with Crippen LogP contribution in [0.25, 0.3) is 6.08 Å². The molecule has 1 heterocycles. The van der Waals surface area contributed by atoms with Crippen LogP contribution in [-0.2, 0) is 17.9 Å². The highest BCUT2D eigenvalue weighted by atomic mass is 79.9. The quantitative estimate of drug-likeness (QED) is 0.260. The first-order valence-corrected chi connectivity index (χ1v) is 13.0. The van der Waals surface area contributed by atoms with Crippen molar-refractivity contribution in [3.8, 4) is 11.5 Å². The fraction of sp³-hybridized carbons (Fsp3) is 0.185. The summed E-state index contributed by atoms with van der Waals surface area (Å²) in [5.41, 5.74) is 3.64. The summed E-state index contributed by atoms with van der Waals surface area (Å²) in [5.74, 6) is 0.780. The van der Waals surface area contributed by atoms with Crippen LogP contribution in [0.3, 0.4) is 0 Å². The van der Waals surface area contributed by atoms with Gasteiger partial charge in [0.05, 0.1) is 22.5 Å². The number of carbonyl (C=O) groups is 2. The Labute approximate surface area is 222 Å². The number of imide groups is 1. The molecule has 0 N–H and O–H groups in total. The number of halogens is 2. The fourth-order valence-corrected chi connectivity index (χ4v) is 5.22. The monoisotopic (exact) mass is 571 g/mol. The van der Waals surface area contributed by atoms with E-state index in [0.717, 1.165) is 22.9 Å². The third-order valence-corrected chi connectivity index (χ3v) is 7.12. The van der Waals surface area contributed by atoms with Crippen molar-refractivity contribution in [2.75, 3.05) is 6.61 Å². The second-order valence-electron chi connectivity index (χ2n) is 7.90. The number of hydrogen-bond donors (Lipinski definition) is 0. The maximum absolute atomic E-state index is 13.0. The van der Waals surface area contributed by atoms with Crippen LogP contribution >= 0.6 is 39.3 Å². The van der Waals surface area contributed by atoms with Gasteiger partial charge in [-0.1, -0.05) is 59.6 Å². The molecule has 4 rings (SSSR count). The van der Waals surface area contributed by atoms with E-state index in [0.29, 0.717) is 50.2 Å². The van der Waals surface area contributed by atoms with Gasteiger partial charge in [0.2, 0.25) is 0 Å². The van der Waals surface area contributed by atoms with Crippen molar-refractivity contribution in [1.29, 1.82) is 0 Å². The molecule has 8 heteroatoms. The Balaban J connectivity index is 1.56. The van der Waals surface area contributed by atoms with E-state index in [9.17, 15) is 9.59 Å². The first kappa shape index (κ1) is 25.4. The summed E-state index contributed by atoms with van der Waals surface area (Å²) in [6, 6.07) is 18.9. The molecule has 1 aliphatic heterocycles. The highest BCUT2D eigenvalue weighted by Gasteiger charge is 2.35. The van der Waals surface area contributed by atoms with Gasteiger partial charge in [-0.2, -0.15) is 0 Å². The predicted molar refractivity (Wildman–Crippen MR) is 144 cm³/mol. The Hall–Kier alpha value is -2.74. The average molecular weight is 573 g/mol. The molecule has 1 fully saturated rings. The van der Waals surface area contributed by atoms with Gasteiger partial charge in [-0.3, -0.25) is 14.5 Å². The largest absolute Gasteiger partial charge is 0.490 e. The first-order chi connectivity index (χ1) is 16.9. The number of rotatable bonds is 8. The van der Waals surface area contributed by atoms with Crippen LogP contribution in [0.4, 0.5) is 4.79 Å². The topological polar surface area (TPSA) is 55.8 Å². The third-order valence-electron chi connectivity index (χ3n) is 5.26. The van der Waals surface area contributed by atoms with Crippen LogP contribution in [0.5, 0.6) is 11.5 Å². The van der Waals surface area contributed by atoms with Crippen LogP contribution in [-0.4, -0.2) is 22.7 Å². The summed E-state index contributed by atoms with van der Waals surface area (Å²) >= 11 is 10.7. The summed E-state index contributed by atoms with van der Waals surface area (Å²) in [6.45, 7) is 4.90. The smallest absolute Gasteiger partial charge is 0.293 e. The Morgan fingerprint density at radius 3 is 2.60 bits per heavy atom. The van der Waals surface area contributed by atoms with Crippen molar-refractivity contribution in [1.82, 2.24) is 4.90 Å². The molecule has 5 nitrogen and oxygen atoms in total. The van der Waals surface area contributed by atoms with Crippen LogP contribution < -0.4 is 9.47 Å². The standard InChI is InChI=1S/C27H23BrClNO4S/c1-3-33-23-13-19(12-21(28)25(23)34-16-18-8-6-7-17(2)11-18)14-24-26(31)30(27(32)35-24)15-20-9-4-5-10-22(20)29/h4-14H,3,15-16H2,1-2H3/b24-14-. The van der Waals surface area contributed by atoms with Gasteiger partial charge in [-0.25, -0.2) is 0 Å². The van der Waals surface area contributed by atoms with E-state index in [1.165, 1.54) is 4.90 Å². The number of ether oxygens (including phenoxy) is 2.